The molecule has 0 amide bonds. The Morgan fingerprint density at radius 1 is 0.510 bits per heavy atom. The molecule has 0 spiro atoms. The van der Waals surface area contributed by atoms with E-state index in [2.05, 4.69) is 95.9 Å². The quantitative estimate of drug-likeness (QED) is 0.176. The lowest BCUT2D eigenvalue weighted by molar-refractivity contribution is 0.641. The van der Waals surface area contributed by atoms with E-state index in [9.17, 15) is 0 Å². The molecule has 0 bridgehead atoms. The number of allylic oxidation sites excluding steroid dienone is 1. The highest BCUT2D eigenvalue weighted by Gasteiger charge is 2.25. The third kappa shape index (κ3) is 6.72. The number of aromatic nitrogens is 4. The SMILES string of the molecule is CC(C)(c1ccc(C2=NC(c3ccccc3)NC(c3ccccn3)=C2)cc1)c1ccc(-c2cc(-c3ccccn3)nc(-c3ccccc3)n2)cc1. The number of hydrogen-bond acceptors (Lipinski definition) is 6. The van der Waals surface area contributed by atoms with Gasteiger partial charge in [0.25, 0.3) is 0 Å². The van der Waals surface area contributed by atoms with Crippen LogP contribution in [0, 0.1) is 0 Å². The molecule has 8 rings (SSSR count). The summed E-state index contributed by atoms with van der Waals surface area (Å²) < 4.78 is 0. The van der Waals surface area contributed by atoms with Gasteiger partial charge in [-0.15, -0.1) is 0 Å². The van der Waals surface area contributed by atoms with E-state index in [1.54, 1.807) is 6.20 Å². The van der Waals surface area contributed by atoms with Crippen LogP contribution in [0.25, 0.3) is 39.7 Å². The summed E-state index contributed by atoms with van der Waals surface area (Å²) in [6.45, 7) is 4.53. The number of aliphatic imine (C=N–C) groups is 1. The van der Waals surface area contributed by atoms with Gasteiger partial charge < -0.3 is 5.32 Å². The van der Waals surface area contributed by atoms with E-state index in [4.69, 9.17) is 15.0 Å². The van der Waals surface area contributed by atoms with Gasteiger partial charge in [0.05, 0.1) is 34.2 Å². The fraction of sp³-hybridized carbons (Fsp3) is 0.0889. The van der Waals surface area contributed by atoms with E-state index >= 15 is 0 Å². The lowest BCUT2D eigenvalue weighted by Crippen LogP contribution is -2.25. The van der Waals surface area contributed by atoms with Crippen LogP contribution < -0.4 is 5.32 Å². The molecule has 6 nitrogen and oxygen atoms in total. The van der Waals surface area contributed by atoms with Crippen LogP contribution in [0.2, 0.25) is 0 Å². The molecule has 6 heteroatoms. The summed E-state index contributed by atoms with van der Waals surface area (Å²) >= 11 is 0. The maximum Gasteiger partial charge on any atom is 0.160 e. The summed E-state index contributed by atoms with van der Waals surface area (Å²) in [6, 6.07) is 51.8. The van der Waals surface area contributed by atoms with E-state index < -0.39 is 0 Å². The molecule has 0 radical (unpaired) electrons. The zero-order chi connectivity index (χ0) is 34.6. The van der Waals surface area contributed by atoms with Crippen molar-refractivity contribution in [2.24, 2.45) is 4.99 Å². The molecule has 51 heavy (non-hydrogen) atoms. The number of nitrogens with one attached hydrogen (secondary N) is 1. The Bertz CT molecular complexity index is 2260. The van der Waals surface area contributed by atoms with Crippen LogP contribution in [0.3, 0.4) is 0 Å². The third-order valence-corrected chi connectivity index (χ3v) is 9.39. The normalized spacial score (nSPS) is 14.3. The summed E-state index contributed by atoms with van der Waals surface area (Å²) in [5.74, 6) is 0.675. The fourth-order valence-corrected chi connectivity index (χ4v) is 6.39. The largest absolute Gasteiger partial charge is 0.358 e. The van der Waals surface area contributed by atoms with Crippen molar-refractivity contribution >= 4 is 11.4 Å². The summed E-state index contributed by atoms with van der Waals surface area (Å²) in [5.41, 5.74) is 11.5. The Labute approximate surface area is 298 Å². The molecule has 1 N–H and O–H groups in total. The average Bonchev–Trinajstić information content (AvgIpc) is 3.22. The highest BCUT2D eigenvalue weighted by Crippen LogP contribution is 2.34. The Kier molecular flexibility index (Phi) is 8.56. The maximum atomic E-state index is 5.12. The van der Waals surface area contributed by atoms with Crippen LogP contribution in [0.5, 0.6) is 0 Å². The number of nitrogens with zero attached hydrogens (tertiary/aromatic N) is 5. The van der Waals surface area contributed by atoms with Crippen LogP contribution in [0.1, 0.15) is 48.0 Å². The van der Waals surface area contributed by atoms with Gasteiger partial charge >= 0.3 is 0 Å². The first kappa shape index (κ1) is 31.7. The van der Waals surface area contributed by atoms with Crippen LogP contribution >= 0.6 is 0 Å². The number of benzene rings is 4. The van der Waals surface area contributed by atoms with Gasteiger partial charge in [-0.05, 0) is 58.7 Å². The average molecular weight is 661 g/mol. The van der Waals surface area contributed by atoms with Crippen molar-refractivity contribution in [3.8, 4) is 34.0 Å². The van der Waals surface area contributed by atoms with E-state index in [1.165, 1.54) is 11.1 Å². The van der Waals surface area contributed by atoms with Gasteiger partial charge in [0.15, 0.2) is 5.82 Å². The van der Waals surface area contributed by atoms with E-state index in [-0.39, 0.29) is 11.6 Å². The van der Waals surface area contributed by atoms with Crippen molar-refractivity contribution in [3.63, 3.8) is 0 Å². The first-order chi connectivity index (χ1) is 25.0. The van der Waals surface area contributed by atoms with Crippen LogP contribution in [-0.2, 0) is 5.41 Å². The summed E-state index contributed by atoms with van der Waals surface area (Å²) in [4.78, 5) is 24.2. The van der Waals surface area contributed by atoms with Crippen molar-refractivity contribution in [3.05, 3.63) is 198 Å². The summed E-state index contributed by atoms with van der Waals surface area (Å²) in [5, 5.41) is 3.58. The molecule has 0 saturated carbocycles. The molecule has 1 aliphatic rings. The first-order valence-electron chi connectivity index (χ1n) is 17.1. The lowest BCUT2D eigenvalue weighted by Gasteiger charge is -2.27. The number of rotatable bonds is 8. The minimum atomic E-state index is -0.242. The van der Waals surface area contributed by atoms with Gasteiger partial charge in [0, 0.05) is 28.9 Å². The van der Waals surface area contributed by atoms with Crippen molar-refractivity contribution in [2.45, 2.75) is 25.4 Å². The van der Waals surface area contributed by atoms with Gasteiger partial charge in [0.1, 0.15) is 6.17 Å². The van der Waals surface area contributed by atoms with Crippen LogP contribution in [0.15, 0.2) is 175 Å². The van der Waals surface area contributed by atoms with Crippen LogP contribution in [-0.4, -0.2) is 25.6 Å². The lowest BCUT2D eigenvalue weighted by atomic mass is 9.77. The summed E-state index contributed by atoms with van der Waals surface area (Å²) in [7, 11) is 0. The van der Waals surface area contributed by atoms with E-state index in [0.29, 0.717) is 5.82 Å². The van der Waals surface area contributed by atoms with E-state index in [1.807, 2.05) is 97.2 Å². The van der Waals surface area contributed by atoms with Crippen molar-refractivity contribution < 1.29 is 0 Å². The second-order valence-electron chi connectivity index (χ2n) is 13.1. The maximum absolute atomic E-state index is 5.12. The molecular weight excluding hydrogens is 625 g/mol. The second kappa shape index (κ2) is 13.8. The Balaban J connectivity index is 1.09. The molecule has 1 atom stereocenters. The van der Waals surface area contributed by atoms with E-state index in [0.717, 1.165) is 56.4 Å². The zero-order valence-electron chi connectivity index (χ0n) is 28.5. The molecular formula is C45H36N6. The molecule has 1 aliphatic heterocycles. The van der Waals surface area contributed by atoms with Gasteiger partial charge in [-0.3, -0.25) is 15.0 Å². The van der Waals surface area contributed by atoms with Gasteiger partial charge in [-0.2, -0.15) is 0 Å². The molecule has 0 aliphatic carbocycles. The zero-order valence-corrected chi connectivity index (χ0v) is 28.5. The Morgan fingerprint density at radius 3 is 1.71 bits per heavy atom. The second-order valence-corrected chi connectivity index (χ2v) is 13.1. The monoisotopic (exact) mass is 660 g/mol. The topological polar surface area (TPSA) is 76.0 Å². The summed E-state index contributed by atoms with van der Waals surface area (Å²) in [6.07, 6.45) is 5.49. The number of hydrogen-bond donors (Lipinski definition) is 1. The van der Waals surface area contributed by atoms with Crippen molar-refractivity contribution in [1.82, 2.24) is 25.3 Å². The molecule has 7 aromatic rings. The van der Waals surface area contributed by atoms with Gasteiger partial charge in [0.2, 0.25) is 0 Å². The Hall–Kier alpha value is -6.53. The highest BCUT2D eigenvalue weighted by atomic mass is 15.1. The van der Waals surface area contributed by atoms with Gasteiger partial charge in [-0.25, -0.2) is 9.97 Å². The molecule has 0 saturated heterocycles. The molecule has 0 fully saturated rings. The fourth-order valence-electron chi connectivity index (χ4n) is 6.39. The highest BCUT2D eigenvalue weighted by molar-refractivity contribution is 6.12. The molecule has 246 valence electrons. The predicted octanol–water partition coefficient (Wildman–Crippen LogP) is 9.73. The molecule has 1 unspecified atom stereocenters. The van der Waals surface area contributed by atoms with Crippen LogP contribution in [0.4, 0.5) is 0 Å². The number of pyridine rings is 2. The molecule has 4 aromatic carbocycles. The molecule has 3 aromatic heterocycles. The minimum Gasteiger partial charge on any atom is -0.358 e. The predicted molar refractivity (Wildman–Crippen MR) is 206 cm³/mol. The third-order valence-electron chi connectivity index (χ3n) is 9.39. The molecule has 4 heterocycles. The standard InChI is InChI=1S/C45H36N6/c1-45(2,35-23-19-31(20-24-35)39-29-41(37-17-9-11-27-46-37)50-43(48-39)33-13-5-3-6-14-33)36-25-21-32(22-26-36)40-30-42(38-18-10-12-28-47-38)51-44(49-40)34-15-7-4-8-16-34/h3-30,43,50H,1-2H3. The van der Waals surface area contributed by atoms with Crippen molar-refractivity contribution in [2.75, 3.05) is 0 Å². The first-order valence-corrected chi connectivity index (χ1v) is 17.1. The van der Waals surface area contributed by atoms with Crippen molar-refractivity contribution in [1.29, 1.82) is 0 Å². The Morgan fingerprint density at radius 2 is 1.08 bits per heavy atom. The van der Waals surface area contributed by atoms with Gasteiger partial charge in [-0.1, -0.05) is 135 Å². The smallest absolute Gasteiger partial charge is 0.160 e. The minimum absolute atomic E-state index is 0.212.